The van der Waals surface area contributed by atoms with E-state index in [2.05, 4.69) is 5.32 Å². The van der Waals surface area contributed by atoms with Crippen molar-refractivity contribution in [3.05, 3.63) is 64.7 Å². The topological polar surface area (TPSA) is 58.6 Å². The number of nitrogens with one attached hydrogen (secondary N) is 1. The molecule has 6 heteroatoms. The molecule has 0 saturated carbocycles. The highest BCUT2D eigenvalue weighted by atomic mass is 35.5. The van der Waals surface area contributed by atoms with Crippen molar-refractivity contribution in [3.63, 3.8) is 0 Å². The second kappa shape index (κ2) is 7.71. The third-order valence-electron chi connectivity index (χ3n) is 4.53. The molecule has 0 aliphatic carbocycles. The first kappa shape index (κ1) is 19.4. The molecule has 1 heterocycles. The van der Waals surface area contributed by atoms with Crippen molar-refractivity contribution < 1.29 is 14.4 Å². The van der Waals surface area contributed by atoms with E-state index in [4.69, 9.17) is 16.4 Å². The van der Waals surface area contributed by atoms with Gasteiger partial charge in [0.15, 0.2) is 0 Å². The van der Waals surface area contributed by atoms with Gasteiger partial charge in [-0.3, -0.25) is 14.4 Å². The van der Waals surface area contributed by atoms with E-state index < -0.39 is 11.6 Å². The summed E-state index contributed by atoms with van der Waals surface area (Å²) in [6, 6.07) is 14.4. The van der Waals surface area contributed by atoms with Crippen molar-refractivity contribution >= 4 is 29.0 Å². The summed E-state index contributed by atoms with van der Waals surface area (Å²) >= 11 is 6.20. The fourth-order valence-electron chi connectivity index (χ4n) is 3.19. The highest BCUT2D eigenvalue weighted by Gasteiger charge is 2.42. The highest BCUT2D eigenvalue weighted by molar-refractivity contribution is 6.30. The summed E-state index contributed by atoms with van der Waals surface area (Å²) < 4.78 is 0. The number of ketones is 1. The molecule has 0 fully saturated rings. The van der Waals surface area contributed by atoms with Crippen LogP contribution in [0.3, 0.4) is 0 Å². The first-order chi connectivity index (χ1) is 12.8. The monoisotopic (exact) mass is 386 g/mol. The smallest absolute Gasteiger partial charge is 0.271 e. The molecule has 3 rings (SSSR count). The number of nitrogens with zero attached hydrogens (tertiary/aromatic N) is 1. The van der Waals surface area contributed by atoms with Crippen LogP contribution in [0.5, 0.6) is 0 Å². The van der Waals surface area contributed by atoms with Gasteiger partial charge >= 0.3 is 0 Å². The summed E-state index contributed by atoms with van der Waals surface area (Å²) in [6.07, 6.45) is 0.144. The minimum absolute atomic E-state index is 0.0354. The fourth-order valence-corrected chi connectivity index (χ4v) is 3.37. The van der Waals surface area contributed by atoms with Crippen LogP contribution in [-0.2, 0) is 21.0 Å². The zero-order valence-electron chi connectivity index (χ0n) is 15.7. The minimum atomic E-state index is -0.898. The van der Waals surface area contributed by atoms with E-state index in [1.54, 1.807) is 26.0 Å². The molecule has 0 bridgehead atoms. The van der Waals surface area contributed by atoms with Gasteiger partial charge in [0.25, 0.3) is 5.91 Å². The summed E-state index contributed by atoms with van der Waals surface area (Å²) in [5, 5.41) is 5.14. The number of anilines is 1. The van der Waals surface area contributed by atoms with Crippen LogP contribution in [0.1, 0.15) is 44.4 Å². The predicted molar refractivity (Wildman–Crippen MR) is 105 cm³/mol. The summed E-state index contributed by atoms with van der Waals surface area (Å²) in [5.41, 5.74) is 1.58. The van der Waals surface area contributed by atoms with Crippen LogP contribution >= 0.6 is 11.6 Å². The highest BCUT2D eigenvalue weighted by Crippen LogP contribution is 2.39. The van der Waals surface area contributed by atoms with E-state index in [0.29, 0.717) is 5.02 Å². The minimum Gasteiger partial charge on any atom is -0.371 e. The number of carbonyl (C=O) groups excluding carboxylic acids is 2. The number of hydrogen-bond acceptors (Lipinski definition) is 4. The molecule has 27 heavy (non-hydrogen) atoms. The van der Waals surface area contributed by atoms with E-state index in [1.807, 2.05) is 36.4 Å². The van der Waals surface area contributed by atoms with E-state index in [1.165, 1.54) is 12.0 Å². The van der Waals surface area contributed by atoms with Crippen LogP contribution in [0.15, 0.2) is 48.5 Å². The molecule has 5 nitrogen and oxygen atoms in total. The van der Waals surface area contributed by atoms with E-state index >= 15 is 0 Å². The fraction of sp³-hybridized carbons (Fsp3) is 0.333. The van der Waals surface area contributed by atoms with Gasteiger partial charge in [-0.25, -0.2) is 5.06 Å². The summed E-state index contributed by atoms with van der Waals surface area (Å²) in [6.45, 7) is 5.33. The van der Waals surface area contributed by atoms with E-state index in [0.717, 1.165) is 16.8 Å². The van der Waals surface area contributed by atoms with Gasteiger partial charge in [0.1, 0.15) is 17.9 Å². The van der Waals surface area contributed by atoms with Gasteiger partial charge < -0.3 is 5.32 Å². The molecule has 0 saturated heterocycles. The average Bonchev–Trinajstić information content (AvgIpc) is 2.69. The Morgan fingerprint density at radius 2 is 1.93 bits per heavy atom. The number of rotatable bonds is 5. The van der Waals surface area contributed by atoms with Crippen LogP contribution in [-0.4, -0.2) is 22.3 Å². The lowest BCUT2D eigenvalue weighted by atomic mass is 10.00. The third kappa shape index (κ3) is 4.31. The van der Waals surface area contributed by atoms with Crippen molar-refractivity contribution in [2.75, 3.05) is 5.32 Å². The number of Topliss-reactive ketones (excluding diaryl/α,β-unsaturated/α-hetero) is 1. The standard InChI is InChI=1S/C21H23ClN2O3/c1-14(25)11-19-17-12-16(22)9-10-18(17)23-21(2,3)20(26)24(19)27-13-15-7-5-4-6-8-15/h4-10,12,19,23H,11,13H2,1-3H3/t19-/m1/s1. The maximum Gasteiger partial charge on any atom is 0.271 e. The Labute approximate surface area is 164 Å². The largest absolute Gasteiger partial charge is 0.371 e. The molecule has 2 aromatic carbocycles. The molecule has 1 amide bonds. The Bertz CT molecular complexity index is 852. The number of fused-ring (bicyclic) bond motifs is 1. The Hall–Kier alpha value is -2.37. The van der Waals surface area contributed by atoms with Crippen molar-refractivity contribution in [1.82, 2.24) is 5.06 Å². The molecule has 0 aromatic heterocycles. The Morgan fingerprint density at radius 1 is 1.22 bits per heavy atom. The lowest BCUT2D eigenvalue weighted by molar-refractivity contribution is -0.210. The molecule has 1 N–H and O–H groups in total. The van der Waals surface area contributed by atoms with Gasteiger partial charge in [-0.2, -0.15) is 0 Å². The summed E-state index contributed by atoms with van der Waals surface area (Å²) in [7, 11) is 0. The van der Waals surface area contributed by atoms with Gasteiger partial charge in [0.05, 0.1) is 6.04 Å². The number of hydrogen-bond donors (Lipinski definition) is 1. The maximum absolute atomic E-state index is 13.2. The zero-order chi connectivity index (χ0) is 19.6. The number of hydroxylamine groups is 2. The first-order valence-corrected chi connectivity index (χ1v) is 9.23. The Morgan fingerprint density at radius 3 is 2.59 bits per heavy atom. The lowest BCUT2D eigenvalue weighted by Crippen LogP contribution is -2.49. The maximum atomic E-state index is 13.2. The van der Waals surface area contributed by atoms with Crippen LogP contribution < -0.4 is 5.32 Å². The SMILES string of the molecule is CC(=O)C[C@@H]1c2cc(Cl)ccc2NC(C)(C)C(=O)N1OCc1ccccc1. The van der Waals surface area contributed by atoms with Crippen molar-refractivity contribution in [1.29, 1.82) is 0 Å². The number of benzene rings is 2. The summed E-state index contributed by atoms with van der Waals surface area (Å²) in [4.78, 5) is 31.1. The molecular weight excluding hydrogens is 364 g/mol. The van der Waals surface area contributed by atoms with Gasteiger partial charge in [-0.15, -0.1) is 0 Å². The van der Waals surface area contributed by atoms with Gasteiger partial charge in [0, 0.05) is 22.7 Å². The van der Waals surface area contributed by atoms with Gasteiger partial charge in [0.2, 0.25) is 0 Å². The number of amides is 1. The van der Waals surface area contributed by atoms with E-state index in [-0.39, 0.29) is 24.7 Å². The molecular formula is C21H23ClN2O3. The second-order valence-electron chi connectivity index (χ2n) is 7.29. The van der Waals surface area contributed by atoms with Crippen molar-refractivity contribution in [3.8, 4) is 0 Å². The quantitative estimate of drug-likeness (QED) is 0.820. The molecule has 142 valence electrons. The number of halogens is 1. The van der Waals surface area contributed by atoms with Gasteiger partial charge in [-0.05, 0) is 44.5 Å². The molecule has 0 spiro atoms. The normalized spacial score (nSPS) is 18.4. The molecule has 0 radical (unpaired) electrons. The second-order valence-corrected chi connectivity index (χ2v) is 7.73. The Balaban J connectivity index is 2.02. The van der Waals surface area contributed by atoms with Crippen LogP contribution in [0.4, 0.5) is 5.69 Å². The third-order valence-corrected chi connectivity index (χ3v) is 4.77. The van der Waals surface area contributed by atoms with Crippen LogP contribution in [0.2, 0.25) is 5.02 Å². The van der Waals surface area contributed by atoms with E-state index in [9.17, 15) is 9.59 Å². The lowest BCUT2D eigenvalue weighted by Gasteiger charge is -2.32. The average molecular weight is 387 g/mol. The van der Waals surface area contributed by atoms with Crippen molar-refractivity contribution in [2.45, 2.75) is 45.4 Å². The van der Waals surface area contributed by atoms with Gasteiger partial charge in [-0.1, -0.05) is 41.9 Å². The molecule has 1 aliphatic heterocycles. The van der Waals surface area contributed by atoms with Crippen LogP contribution in [0, 0.1) is 0 Å². The Kier molecular flexibility index (Phi) is 5.53. The first-order valence-electron chi connectivity index (χ1n) is 8.85. The molecule has 1 aliphatic rings. The number of carbonyl (C=O) groups is 2. The zero-order valence-corrected chi connectivity index (χ0v) is 16.4. The molecule has 0 unspecified atom stereocenters. The summed E-state index contributed by atoms with van der Waals surface area (Å²) in [5.74, 6) is -0.274. The molecule has 1 atom stereocenters. The molecule has 2 aromatic rings. The predicted octanol–water partition coefficient (Wildman–Crippen LogP) is 4.52. The van der Waals surface area contributed by atoms with Crippen molar-refractivity contribution in [2.24, 2.45) is 0 Å². The van der Waals surface area contributed by atoms with Crippen LogP contribution in [0.25, 0.3) is 0 Å².